The van der Waals surface area contributed by atoms with E-state index in [2.05, 4.69) is 15.7 Å². The van der Waals surface area contributed by atoms with Crippen molar-refractivity contribution in [1.29, 1.82) is 0 Å². The number of hydrogen-bond acceptors (Lipinski definition) is 4. The Bertz CT molecular complexity index is 851. The molecule has 2 aromatic rings. The highest BCUT2D eigenvalue weighted by atomic mass is 16.3. The van der Waals surface area contributed by atoms with E-state index >= 15 is 0 Å². The number of nitrogens with zero attached hydrogens (tertiary/aromatic N) is 2. The molecule has 0 bridgehead atoms. The molecule has 2 aliphatic carbocycles. The minimum Gasteiger partial charge on any atom is -0.393 e. The molecule has 1 heterocycles. The number of rotatable bonds is 5. The van der Waals surface area contributed by atoms with Crippen LogP contribution in [0.15, 0.2) is 36.4 Å². The topological polar surface area (TPSA) is 96.3 Å². The van der Waals surface area contributed by atoms with Gasteiger partial charge >= 0.3 is 0 Å². The number of carbonyl (C=O) groups excluding carboxylic acids is 2. The van der Waals surface area contributed by atoms with Gasteiger partial charge in [-0.25, -0.2) is 0 Å². The second kappa shape index (κ2) is 6.81. The third-order valence-electron chi connectivity index (χ3n) is 5.79. The first-order valence-corrected chi connectivity index (χ1v) is 9.35. The molecule has 0 aliphatic heterocycles. The van der Waals surface area contributed by atoms with Crippen LogP contribution in [0.2, 0.25) is 0 Å². The summed E-state index contributed by atoms with van der Waals surface area (Å²) in [6.07, 6.45) is 1.26. The van der Waals surface area contributed by atoms with Crippen LogP contribution in [0, 0.1) is 11.8 Å². The fraction of sp³-hybridized carbons (Fsp3) is 0.450. The summed E-state index contributed by atoms with van der Waals surface area (Å²) in [4.78, 5) is 25.0. The lowest BCUT2D eigenvalue weighted by atomic mass is 10.1. The monoisotopic (exact) mass is 368 g/mol. The van der Waals surface area contributed by atoms with Gasteiger partial charge in [0.1, 0.15) is 5.69 Å². The molecule has 4 rings (SSSR count). The van der Waals surface area contributed by atoms with E-state index in [1.807, 2.05) is 37.3 Å². The fourth-order valence-electron chi connectivity index (χ4n) is 4.22. The van der Waals surface area contributed by atoms with Crippen molar-refractivity contribution in [3.8, 4) is 0 Å². The van der Waals surface area contributed by atoms with Gasteiger partial charge in [0.2, 0.25) is 0 Å². The molecular weight excluding hydrogens is 344 g/mol. The predicted octanol–water partition coefficient (Wildman–Crippen LogP) is 1.35. The summed E-state index contributed by atoms with van der Waals surface area (Å²) in [6.45, 7) is 1.95. The summed E-state index contributed by atoms with van der Waals surface area (Å²) < 4.78 is 1.61. The second-order valence-electron chi connectivity index (χ2n) is 7.48. The number of carbonyl (C=O) groups is 2. The molecule has 7 heteroatoms. The van der Waals surface area contributed by atoms with Gasteiger partial charge in [0.25, 0.3) is 11.8 Å². The van der Waals surface area contributed by atoms with E-state index in [1.165, 1.54) is 0 Å². The van der Waals surface area contributed by atoms with Crippen molar-refractivity contribution < 1.29 is 14.7 Å². The number of aromatic nitrogens is 2. The zero-order chi connectivity index (χ0) is 19.1. The maximum absolute atomic E-state index is 12.9. The highest BCUT2D eigenvalue weighted by Crippen LogP contribution is 2.52. The largest absolute Gasteiger partial charge is 0.393 e. The molecule has 0 unspecified atom stereocenters. The van der Waals surface area contributed by atoms with Crippen LogP contribution < -0.4 is 10.6 Å². The summed E-state index contributed by atoms with van der Waals surface area (Å²) >= 11 is 0. The Kier molecular flexibility index (Phi) is 4.47. The van der Waals surface area contributed by atoms with Crippen molar-refractivity contribution in [2.24, 2.45) is 11.8 Å². The van der Waals surface area contributed by atoms with Crippen molar-refractivity contribution in [1.82, 2.24) is 20.4 Å². The maximum Gasteiger partial charge on any atom is 0.271 e. The van der Waals surface area contributed by atoms with E-state index in [0.717, 1.165) is 18.4 Å². The Labute approximate surface area is 157 Å². The lowest BCUT2D eigenvalue weighted by Crippen LogP contribution is -2.32. The standard InChI is InChI=1S/C20H24N4O3/c1-11(12-6-4-3-5-7-12)24-17(10-16(23-24)19(26)21-2)20(27)22-18-14-8-13(25)9-15(14)18/h3-7,10-11,13-15,18,25H,8-9H2,1-2H3,(H,21,26)(H,22,27)/t11-,13-,14-,15+,18+/m0/s1. The summed E-state index contributed by atoms with van der Waals surface area (Å²) in [7, 11) is 1.54. The number of amides is 2. The van der Waals surface area contributed by atoms with Crippen LogP contribution >= 0.6 is 0 Å². The molecule has 1 aromatic heterocycles. The van der Waals surface area contributed by atoms with Crippen LogP contribution in [0.25, 0.3) is 0 Å². The number of aliphatic hydroxyl groups excluding tert-OH is 1. The van der Waals surface area contributed by atoms with Crippen LogP contribution in [-0.4, -0.2) is 45.9 Å². The zero-order valence-corrected chi connectivity index (χ0v) is 15.4. The molecule has 7 nitrogen and oxygen atoms in total. The summed E-state index contributed by atoms with van der Waals surface area (Å²) in [5, 5.41) is 19.7. The highest BCUT2D eigenvalue weighted by molar-refractivity contribution is 5.98. The molecular formula is C20H24N4O3. The Morgan fingerprint density at radius 1 is 1.19 bits per heavy atom. The molecule has 2 amide bonds. The Morgan fingerprint density at radius 3 is 2.48 bits per heavy atom. The predicted molar refractivity (Wildman–Crippen MR) is 99.3 cm³/mol. The number of nitrogens with one attached hydrogen (secondary N) is 2. The number of benzene rings is 1. The van der Waals surface area contributed by atoms with E-state index in [4.69, 9.17) is 0 Å². The summed E-state index contributed by atoms with van der Waals surface area (Å²) in [6, 6.07) is 11.2. The second-order valence-corrected chi connectivity index (χ2v) is 7.48. The molecule has 27 heavy (non-hydrogen) atoms. The van der Waals surface area contributed by atoms with Gasteiger partial charge in [-0.1, -0.05) is 30.3 Å². The third kappa shape index (κ3) is 3.23. The third-order valence-corrected chi connectivity index (χ3v) is 5.79. The number of hydrogen-bond donors (Lipinski definition) is 3. The molecule has 0 saturated heterocycles. The van der Waals surface area contributed by atoms with Gasteiger partial charge in [-0.15, -0.1) is 0 Å². The number of fused-ring (bicyclic) bond motifs is 1. The minimum atomic E-state index is -0.325. The molecule has 2 fully saturated rings. The molecule has 2 saturated carbocycles. The van der Waals surface area contributed by atoms with E-state index in [0.29, 0.717) is 17.5 Å². The van der Waals surface area contributed by atoms with Crippen LogP contribution in [0.1, 0.15) is 52.3 Å². The molecule has 1 aromatic carbocycles. The Morgan fingerprint density at radius 2 is 1.85 bits per heavy atom. The maximum atomic E-state index is 12.9. The van der Waals surface area contributed by atoms with Gasteiger partial charge in [-0.05, 0) is 37.2 Å². The summed E-state index contributed by atoms with van der Waals surface area (Å²) in [5.41, 5.74) is 1.59. The van der Waals surface area contributed by atoms with Crippen molar-refractivity contribution in [3.63, 3.8) is 0 Å². The van der Waals surface area contributed by atoms with Crippen LogP contribution in [-0.2, 0) is 0 Å². The Balaban J connectivity index is 1.59. The van der Waals surface area contributed by atoms with Gasteiger partial charge in [-0.2, -0.15) is 5.10 Å². The van der Waals surface area contributed by atoms with Crippen molar-refractivity contribution in [2.75, 3.05) is 7.05 Å². The average molecular weight is 368 g/mol. The lowest BCUT2D eigenvalue weighted by molar-refractivity contribution is 0.0923. The van der Waals surface area contributed by atoms with Crippen LogP contribution in [0.4, 0.5) is 0 Å². The molecule has 2 aliphatic rings. The van der Waals surface area contributed by atoms with Crippen LogP contribution in [0.3, 0.4) is 0 Å². The number of aliphatic hydroxyl groups is 1. The lowest BCUT2D eigenvalue weighted by Gasteiger charge is -2.16. The van der Waals surface area contributed by atoms with E-state index in [-0.39, 0.29) is 35.7 Å². The van der Waals surface area contributed by atoms with Gasteiger partial charge in [0, 0.05) is 19.2 Å². The smallest absolute Gasteiger partial charge is 0.271 e. The molecule has 0 spiro atoms. The van der Waals surface area contributed by atoms with Crippen LogP contribution in [0.5, 0.6) is 0 Å². The molecule has 5 atom stereocenters. The summed E-state index contributed by atoms with van der Waals surface area (Å²) in [5.74, 6) is 0.180. The first kappa shape index (κ1) is 17.7. The van der Waals surface area contributed by atoms with E-state index < -0.39 is 0 Å². The first-order valence-electron chi connectivity index (χ1n) is 9.35. The van der Waals surface area contributed by atoms with Gasteiger partial charge in [-0.3, -0.25) is 14.3 Å². The average Bonchev–Trinajstić information content (AvgIpc) is 3.07. The molecule has 142 valence electrons. The van der Waals surface area contributed by atoms with Crippen molar-refractivity contribution in [3.05, 3.63) is 53.3 Å². The van der Waals surface area contributed by atoms with Gasteiger partial charge in [0.05, 0.1) is 12.1 Å². The van der Waals surface area contributed by atoms with E-state index in [1.54, 1.807) is 17.8 Å². The molecule has 3 N–H and O–H groups in total. The highest BCUT2D eigenvalue weighted by Gasteiger charge is 2.56. The zero-order valence-electron chi connectivity index (χ0n) is 15.4. The SMILES string of the molecule is CNC(=O)c1cc(C(=O)N[C@H]2[C@@H]3C[C@@H](O)C[C@@H]32)n([C@@H](C)c2ccccc2)n1. The Hall–Kier alpha value is -2.67. The van der Waals surface area contributed by atoms with Crippen molar-refractivity contribution in [2.45, 2.75) is 38.0 Å². The minimum absolute atomic E-state index is 0.111. The van der Waals surface area contributed by atoms with Gasteiger partial charge < -0.3 is 15.7 Å². The fourth-order valence-corrected chi connectivity index (χ4v) is 4.22. The normalized spacial score (nSPS) is 26.9. The first-order chi connectivity index (χ1) is 13.0. The quantitative estimate of drug-likeness (QED) is 0.742. The molecule has 0 radical (unpaired) electrons. The van der Waals surface area contributed by atoms with E-state index in [9.17, 15) is 14.7 Å². The van der Waals surface area contributed by atoms with Gasteiger partial charge in [0.15, 0.2) is 5.69 Å². The van der Waals surface area contributed by atoms with Crippen molar-refractivity contribution >= 4 is 11.8 Å².